The van der Waals surface area contributed by atoms with E-state index in [1.807, 2.05) is 0 Å². The number of aliphatic hydroxyl groups is 1. The molecule has 70 valence electrons. The van der Waals surface area contributed by atoms with Crippen molar-refractivity contribution in [2.75, 3.05) is 0 Å². The minimum absolute atomic E-state index is 0.0231. The van der Waals surface area contributed by atoms with Gasteiger partial charge < -0.3 is 5.11 Å². The van der Waals surface area contributed by atoms with Gasteiger partial charge in [0.1, 0.15) is 11.6 Å². The Morgan fingerprint density at radius 2 is 2.08 bits per heavy atom. The van der Waals surface area contributed by atoms with Crippen LogP contribution in [-0.4, -0.2) is 11.2 Å². The fourth-order valence-corrected chi connectivity index (χ4v) is 0.969. The molecule has 1 unspecified atom stereocenters. The third-order valence-electron chi connectivity index (χ3n) is 1.78. The maximum atomic E-state index is 13.0. The fourth-order valence-electron chi connectivity index (χ4n) is 0.969. The maximum absolute atomic E-state index is 13.0. The normalized spacial score (nSPS) is 12.6. The molecular formula is C10H10F2O. The molecule has 0 fully saturated rings. The average molecular weight is 184 g/mol. The zero-order valence-electron chi connectivity index (χ0n) is 7.22. The largest absolute Gasteiger partial charge is 0.389 e. The second-order valence-corrected chi connectivity index (χ2v) is 2.83. The van der Waals surface area contributed by atoms with Crippen molar-refractivity contribution in [3.8, 4) is 0 Å². The van der Waals surface area contributed by atoms with Crippen molar-refractivity contribution in [2.24, 2.45) is 0 Å². The number of benzene rings is 1. The predicted octanol–water partition coefficient (Wildman–Crippen LogP) is 2.36. The van der Waals surface area contributed by atoms with Gasteiger partial charge in [-0.15, -0.1) is 0 Å². The second-order valence-electron chi connectivity index (χ2n) is 2.83. The van der Waals surface area contributed by atoms with E-state index in [4.69, 9.17) is 5.11 Å². The summed E-state index contributed by atoms with van der Waals surface area (Å²) in [5, 5.41) is 9.10. The highest BCUT2D eigenvalue weighted by Crippen LogP contribution is 2.20. The van der Waals surface area contributed by atoms with Crippen molar-refractivity contribution < 1.29 is 13.9 Å². The lowest BCUT2D eigenvalue weighted by Crippen LogP contribution is -2.04. The molecule has 0 radical (unpaired) electrons. The zero-order valence-corrected chi connectivity index (χ0v) is 7.22. The second kappa shape index (κ2) is 3.66. The molecule has 0 heterocycles. The van der Waals surface area contributed by atoms with Crippen LogP contribution in [0.1, 0.15) is 12.5 Å². The Bertz CT molecular complexity index is 332. The Hall–Kier alpha value is -1.22. The molecule has 1 nitrogen and oxygen atoms in total. The summed E-state index contributed by atoms with van der Waals surface area (Å²) in [4.78, 5) is 0. The van der Waals surface area contributed by atoms with Crippen molar-refractivity contribution >= 4 is 5.57 Å². The predicted molar refractivity (Wildman–Crippen MR) is 47.1 cm³/mol. The topological polar surface area (TPSA) is 20.2 Å². The van der Waals surface area contributed by atoms with Gasteiger partial charge in [-0.2, -0.15) is 0 Å². The highest BCUT2D eigenvalue weighted by molar-refractivity contribution is 5.66. The lowest BCUT2D eigenvalue weighted by atomic mass is 10.0. The van der Waals surface area contributed by atoms with E-state index in [1.165, 1.54) is 6.92 Å². The van der Waals surface area contributed by atoms with Gasteiger partial charge in [0.2, 0.25) is 0 Å². The molecule has 0 amide bonds. The minimum atomic E-state index is -0.878. The van der Waals surface area contributed by atoms with Crippen LogP contribution in [0.4, 0.5) is 8.78 Å². The van der Waals surface area contributed by atoms with Crippen LogP contribution in [-0.2, 0) is 0 Å². The van der Waals surface area contributed by atoms with Crippen LogP contribution in [0.3, 0.4) is 0 Å². The first-order valence-corrected chi connectivity index (χ1v) is 3.84. The molecule has 1 atom stereocenters. The van der Waals surface area contributed by atoms with Gasteiger partial charge in [0.05, 0.1) is 6.10 Å². The van der Waals surface area contributed by atoms with Crippen molar-refractivity contribution in [2.45, 2.75) is 13.0 Å². The van der Waals surface area contributed by atoms with E-state index < -0.39 is 17.7 Å². The molecule has 1 aromatic rings. The van der Waals surface area contributed by atoms with Crippen LogP contribution < -0.4 is 0 Å². The number of hydrogen-bond donors (Lipinski definition) is 1. The Balaban J connectivity index is 3.13. The molecule has 0 aromatic heterocycles. The van der Waals surface area contributed by atoms with Crippen LogP contribution in [0.2, 0.25) is 0 Å². The molecule has 1 rings (SSSR count). The number of halogens is 2. The summed E-state index contributed by atoms with van der Waals surface area (Å²) >= 11 is 0. The third kappa shape index (κ3) is 2.12. The van der Waals surface area contributed by atoms with Gasteiger partial charge in [-0.1, -0.05) is 6.58 Å². The lowest BCUT2D eigenvalue weighted by molar-refractivity contribution is 0.253. The molecule has 0 aliphatic carbocycles. The molecule has 0 aliphatic heterocycles. The molecule has 0 saturated carbocycles. The van der Waals surface area contributed by atoms with E-state index in [1.54, 1.807) is 0 Å². The molecule has 3 heteroatoms. The first-order chi connectivity index (χ1) is 6.02. The van der Waals surface area contributed by atoms with Gasteiger partial charge in [0, 0.05) is 5.56 Å². The van der Waals surface area contributed by atoms with E-state index in [-0.39, 0.29) is 11.1 Å². The van der Waals surface area contributed by atoms with Crippen molar-refractivity contribution in [3.63, 3.8) is 0 Å². The van der Waals surface area contributed by atoms with E-state index in [0.29, 0.717) is 0 Å². The van der Waals surface area contributed by atoms with Crippen molar-refractivity contribution in [1.82, 2.24) is 0 Å². The van der Waals surface area contributed by atoms with Crippen molar-refractivity contribution in [1.29, 1.82) is 0 Å². The van der Waals surface area contributed by atoms with E-state index in [0.717, 1.165) is 18.2 Å². The van der Waals surface area contributed by atoms with Gasteiger partial charge in [0.25, 0.3) is 0 Å². The monoisotopic (exact) mass is 184 g/mol. The van der Waals surface area contributed by atoms with Crippen LogP contribution in [0.15, 0.2) is 24.8 Å². The summed E-state index contributed by atoms with van der Waals surface area (Å²) < 4.78 is 25.7. The molecule has 0 aliphatic rings. The molecular weight excluding hydrogens is 174 g/mol. The van der Waals surface area contributed by atoms with Crippen LogP contribution >= 0.6 is 0 Å². The molecule has 13 heavy (non-hydrogen) atoms. The van der Waals surface area contributed by atoms with Gasteiger partial charge >= 0.3 is 0 Å². The standard InChI is InChI=1S/C10H10F2O/c1-6(7(2)13)9-5-8(11)3-4-10(9)12/h3-5,7,13H,1H2,2H3. The number of aliphatic hydroxyl groups excluding tert-OH is 1. The van der Waals surface area contributed by atoms with Crippen LogP contribution in [0, 0.1) is 11.6 Å². The molecule has 0 bridgehead atoms. The summed E-state index contributed by atoms with van der Waals surface area (Å²) in [6.07, 6.45) is -0.878. The summed E-state index contributed by atoms with van der Waals surface area (Å²) in [7, 11) is 0. The summed E-state index contributed by atoms with van der Waals surface area (Å²) in [6.45, 7) is 4.92. The third-order valence-corrected chi connectivity index (χ3v) is 1.78. The highest BCUT2D eigenvalue weighted by Gasteiger charge is 2.10. The smallest absolute Gasteiger partial charge is 0.130 e. The molecule has 0 saturated heterocycles. The van der Waals surface area contributed by atoms with E-state index >= 15 is 0 Å². The van der Waals surface area contributed by atoms with Gasteiger partial charge in [-0.3, -0.25) is 0 Å². The summed E-state index contributed by atoms with van der Waals surface area (Å²) in [5.74, 6) is -1.12. The first-order valence-electron chi connectivity index (χ1n) is 3.84. The quantitative estimate of drug-likeness (QED) is 0.748. The Kier molecular flexibility index (Phi) is 2.78. The van der Waals surface area contributed by atoms with Gasteiger partial charge in [-0.05, 0) is 30.7 Å². The number of hydrogen-bond acceptors (Lipinski definition) is 1. The SMILES string of the molecule is C=C(c1cc(F)ccc1F)C(C)O. The number of rotatable bonds is 2. The summed E-state index contributed by atoms with van der Waals surface area (Å²) in [5.41, 5.74) is 0.201. The lowest BCUT2D eigenvalue weighted by Gasteiger charge is -2.09. The fraction of sp³-hybridized carbons (Fsp3) is 0.200. The van der Waals surface area contributed by atoms with E-state index in [9.17, 15) is 8.78 Å². The highest BCUT2D eigenvalue weighted by atomic mass is 19.1. The molecule has 1 aromatic carbocycles. The van der Waals surface area contributed by atoms with Gasteiger partial charge in [-0.25, -0.2) is 8.78 Å². The van der Waals surface area contributed by atoms with Gasteiger partial charge in [0.15, 0.2) is 0 Å². The van der Waals surface area contributed by atoms with Crippen molar-refractivity contribution in [3.05, 3.63) is 42.0 Å². The maximum Gasteiger partial charge on any atom is 0.130 e. The van der Waals surface area contributed by atoms with Crippen LogP contribution in [0.5, 0.6) is 0 Å². The Morgan fingerprint density at radius 1 is 1.46 bits per heavy atom. The molecule has 0 spiro atoms. The summed E-state index contributed by atoms with van der Waals surface area (Å²) in [6, 6.07) is 3.05. The first kappa shape index (κ1) is 9.86. The average Bonchev–Trinajstić information content (AvgIpc) is 2.08. The minimum Gasteiger partial charge on any atom is -0.389 e. The van der Waals surface area contributed by atoms with Crippen LogP contribution in [0.25, 0.3) is 5.57 Å². The zero-order chi connectivity index (χ0) is 10.0. The molecule has 1 N–H and O–H groups in total. The Labute approximate surface area is 75.3 Å². The Morgan fingerprint density at radius 3 is 2.62 bits per heavy atom. The van der Waals surface area contributed by atoms with E-state index in [2.05, 4.69) is 6.58 Å².